The molecule has 6 heteroatoms. The number of hydrogen-bond donors (Lipinski definition) is 1. The lowest BCUT2D eigenvalue weighted by atomic mass is 10.0. The van der Waals surface area contributed by atoms with E-state index in [4.69, 9.17) is 16.6 Å². The van der Waals surface area contributed by atoms with Crippen LogP contribution in [-0.2, 0) is 9.59 Å². The van der Waals surface area contributed by atoms with Crippen molar-refractivity contribution in [3.8, 4) is 0 Å². The van der Waals surface area contributed by atoms with Gasteiger partial charge in [0.25, 0.3) is 0 Å². The fraction of sp³-hybridized carbons (Fsp3) is 0.348. The maximum Gasteiger partial charge on any atom is 0.244 e. The Labute approximate surface area is 175 Å². The van der Waals surface area contributed by atoms with Crippen LogP contribution in [0, 0.1) is 26.7 Å². The van der Waals surface area contributed by atoms with E-state index in [0.717, 1.165) is 47.4 Å². The SMILES string of the molecule is Cc1cc2c(cc1C)N(CC(=O)Nc1ccc(C)c(Cl)c1)C(=O)[C@H]1CCCC1=N2. The van der Waals surface area contributed by atoms with Gasteiger partial charge in [0.15, 0.2) is 0 Å². The number of nitrogens with one attached hydrogen (secondary N) is 1. The number of nitrogens with zero attached hydrogens (tertiary/aromatic N) is 2. The van der Waals surface area contributed by atoms with Gasteiger partial charge in [-0.05, 0) is 81.0 Å². The van der Waals surface area contributed by atoms with Crippen molar-refractivity contribution in [2.45, 2.75) is 40.0 Å². The van der Waals surface area contributed by atoms with E-state index in [1.165, 1.54) is 0 Å². The number of benzene rings is 2. The van der Waals surface area contributed by atoms with Gasteiger partial charge in [-0.1, -0.05) is 17.7 Å². The van der Waals surface area contributed by atoms with Gasteiger partial charge in [0, 0.05) is 16.4 Å². The monoisotopic (exact) mass is 409 g/mol. The van der Waals surface area contributed by atoms with E-state index in [9.17, 15) is 9.59 Å². The zero-order valence-electron chi connectivity index (χ0n) is 16.9. The molecule has 0 spiro atoms. The lowest BCUT2D eigenvalue weighted by Crippen LogP contribution is -2.42. The highest BCUT2D eigenvalue weighted by atomic mass is 35.5. The number of carbonyl (C=O) groups is 2. The van der Waals surface area contributed by atoms with Crippen LogP contribution in [0.3, 0.4) is 0 Å². The standard InChI is InChI=1S/C23H24ClN3O2/c1-13-7-8-16(11-18(13)24)25-22(28)12-27-21-10-15(3)14(2)9-20(21)26-19-6-4-5-17(19)23(27)29/h7-11,17H,4-6,12H2,1-3H3,(H,25,28)/t17-/m0/s1. The molecule has 1 aliphatic heterocycles. The Morgan fingerprint density at radius 1 is 1.17 bits per heavy atom. The van der Waals surface area contributed by atoms with Gasteiger partial charge < -0.3 is 10.2 Å². The minimum Gasteiger partial charge on any atom is -0.324 e. The molecule has 0 radical (unpaired) electrons. The van der Waals surface area contributed by atoms with E-state index in [2.05, 4.69) is 5.32 Å². The minimum absolute atomic E-state index is 0.0414. The Morgan fingerprint density at radius 2 is 1.93 bits per heavy atom. The second kappa shape index (κ2) is 7.64. The van der Waals surface area contributed by atoms with Gasteiger partial charge in [-0.25, -0.2) is 0 Å². The number of halogens is 1. The molecule has 2 aromatic rings. The molecule has 0 unspecified atom stereocenters. The first kappa shape index (κ1) is 19.6. The molecule has 2 amide bonds. The molecule has 1 aliphatic carbocycles. The van der Waals surface area contributed by atoms with E-state index in [0.29, 0.717) is 16.4 Å². The molecule has 0 saturated heterocycles. The molecule has 1 saturated carbocycles. The quantitative estimate of drug-likeness (QED) is 0.764. The second-order valence-corrected chi connectivity index (χ2v) is 8.32. The number of aryl methyl sites for hydroxylation is 3. The number of carbonyl (C=O) groups excluding carboxylic acids is 2. The number of hydrogen-bond acceptors (Lipinski definition) is 3. The van der Waals surface area contributed by atoms with Crippen LogP contribution in [0.2, 0.25) is 5.02 Å². The van der Waals surface area contributed by atoms with E-state index in [1.807, 2.05) is 45.0 Å². The summed E-state index contributed by atoms with van der Waals surface area (Å²) in [6, 6.07) is 9.36. The van der Waals surface area contributed by atoms with Crippen molar-refractivity contribution in [1.29, 1.82) is 0 Å². The lowest BCUT2D eigenvalue weighted by molar-refractivity contribution is -0.122. The smallest absolute Gasteiger partial charge is 0.244 e. The van der Waals surface area contributed by atoms with E-state index >= 15 is 0 Å². The Morgan fingerprint density at radius 3 is 2.69 bits per heavy atom. The third-order valence-electron chi connectivity index (χ3n) is 5.80. The predicted octanol–water partition coefficient (Wildman–Crippen LogP) is 5.12. The molecule has 29 heavy (non-hydrogen) atoms. The number of aliphatic imine (C=N–C) groups is 1. The van der Waals surface area contributed by atoms with Crippen molar-refractivity contribution >= 4 is 46.2 Å². The van der Waals surface area contributed by atoms with Gasteiger partial charge in [0.1, 0.15) is 6.54 Å². The first-order valence-electron chi connectivity index (χ1n) is 9.89. The maximum atomic E-state index is 13.3. The van der Waals surface area contributed by atoms with E-state index in [-0.39, 0.29) is 24.3 Å². The number of amides is 2. The zero-order chi connectivity index (χ0) is 20.7. The Hall–Kier alpha value is -2.66. The summed E-state index contributed by atoms with van der Waals surface area (Å²) < 4.78 is 0. The van der Waals surface area contributed by atoms with Crippen LogP contribution in [0.4, 0.5) is 17.1 Å². The van der Waals surface area contributed by atoms with Crippen LogP contribution in [0.5, 0.6) is 0 Å². The topological polar surface area (TPSA) is 61.8 Å². The van der Waals surface area contributed by atoms with Crippen molar-refractivity contribution in [2.75, 3.05) is 16.8 Å². The number of rotatable bonds is 3. The average molecular weight is 410 g/mol. The fourth-order valence-corrected chi connectivity index (χ4v) is 4.14. The first-order valence-corrected chi connectivity index (χ1v) is 10.3. The molecule has 0 aromatic heterocycles. The van der Waals surface area contributed by atoms with Crippen molar-refractivity contribution in [3.05, 3.63) is 52.0 Å². The summed E-state index contributed by atoms with van der Waals surface area (Å²) >= 11 is 6.16. The molecule has 1 fully saturated rings. The summed E-state index contributed by atoms with van der Waals surface area (Å²) in [5.74, 6) is -0.533. The van der Waals surface area contributed by atoms with Gasteiger partial charge in [-0.3, -0.25) is 14.6 Å². The van der Waals surface area contributed by atoms with Crippen LogP contribution in [0.1, 0.15) is 36.0 Å². The molecule has 4 rings (SSSR count). The molecular formula is C23H24ClN3O2. The van der Waals surface area contributed by atoms with Gasteiger partial charge in [-0.2, -0.15) is 0 Å². The molecule has 1 heterocycles. The summed E-state index contributed by atoms with van der Waals surface area (Å²) in [6.07, 6.45) is 2.58. The summed E-state index contributed by atoms with van der Waals surface area (Å²) in [7, 11) is 0. The fourth-order valence-electron chi connectivity index (χ4n) is 3.96. The maximum absolute atomic E-state index is 13.3. The van der Waals surface area contributed by atoms with Gasteiger partial charge >= 0.3 is 0 Å². The Balaban J connectivity index is 1.65. The highest BCUT2D eigenvalue weighted by molar-refractivity contribution is 6.31. The van der Waals surface area contributed by atoms with Crippen molar-refractivity contribution in [3.63, 3.8) is 0 Å². The third-order valence-corrected chi connectivity index (χ3v) is 6.20. The largest absolute Gasteiger partial charge is 0.324 e. The molecular weight excluding hydrogens is 386 g/mol. The molecule has 0 bridgehead atoms. The minimum atomic E-state index is -0.260. The van der Waals surface area contributed by atoms with Crippen LogP contribution in [0.15, 0.2) is 35.3 Å². The number of fused-ring (bicyclic) bond motifs is 2. The van der Waals surface area contributed by atoms with Crippen LogP contribution >= 0.6 is 11.6 Å². The summed E-state index contributed by atoms with van der Waals surface area (Å²) in [5, 5.41) is 3.45. The highest BCUT2D eigenvalue weighted by Gasteiger charge is 2.37. The van der Waals surface area contributed by atoms with Crippen molar-refractivity contribution < 1.29 is 9.59 Å². The average Bonchev–Trinajstić information content (AvgIpc) is 3.10. The molecule has 2 aliphatic rings. The van der Waals surface area contributed by atoms with Crippen LogP contribution in [-0.4, -0.2) is 24.1 Å². The van der Waals surface area contributed by atoms with Crippen molar-refractivity contribution in [2.24, 2.45) is 10.9 Å². The second-order valence-electron chi connectivity index (χ2n) is 7.91. The van der Waals surface area contributed by atoms with E-state index in [1.54, 1.807) is 11.0 Å². The lowest BCUT2D eigenvalue weighted by Gasteiger charge is -2.25. The van der Waals surface area contributed by atoms with Crippen LogP contribution in [0.25, 0.3) is 0 Å². The number of anilines is 2. The molecule has 1 atom stereocenters. The summed E-state index contributed by atoms with van der Waals surface area (Å²) in [6.45, 7) is 5.89. The van der Waals surface area contributed by atoms with Gasteiger partial charge in [-0.15, -0.1) is 0 Å². The molecule has 150 valence electrons. The predicted molar refractivity (Wildman–Crippen MR) is 118 cm³/mol. The third kappa shape index (κ3) is 3.79. The summed E-state index contributed by atoms with van der Waals surface area (Å²) in [4.78, 5) is 32.5. The van der Waals surface area contributed by atoms with Gasteiger partial charge in [0.2, 0.25) is 11.8 Å². The molecule has 2 aromatic carbocycles. The van der Waals surface area contributed by atoms with E-state index < -0.39 is 0 Å². The highest BCUT2D eigenvalue weighted by Crippen LogP contribution is 2.39. The molecule has 1 N–H and O–H groups in total. The zero-order valence-corrected chi connectivity index (χ0v) is 17.6. The summed E-state index contributed by atoms with van der Waals surface area (Å²) in [5.41, 5.74) is 6.16. The first-order chi connectivity index (χ1) is 13.8. The Kier molecular flexibility index (Phi) is 5.17. The van der Waals surface area contributed by atoms with Crippen LogP contribution < -0.4 is 10.2 Å². The Bertz CT molecular complexity index is 1040. The normalized spacial score (nSPS) is 18.1. The molecule has 5 nitrogen and oxygen atoms in total. The van der Waals surface area contributed by atoms with Crippen molar-refractivity contribution in [1.82, 2.24) is 0 Å². The van der Waals surface area contributed by atoms with Gasteiger partial charge in [0.05, 0.1) is 17.3 Å².